The molecule has 2 amide bonds. The van der Waals surface area contributed by atoms with E-state index in [0.29, 0.717) is 43.3 Å². The average Bonchev–Trinajstić information content (AvgIpc) is 3.72. The number of hydrogen-bond acceptors (Lipinski definition) is 5. The Kier molecular flexibility index (Phi) is 11.5. The van der Waals surface area contributed by atoms with Crippen LogP contribution in [0.5, 0.6) is 5.75 Å². The molecule has 2 aliphatic rings. The van der Waals surface area contributed by atoms with Crippen LogP contribution in [0.4, 0.5) is 13.2 Å². The van der Waals surface area contributed by atoms with E-state index in [-0.39, 0.29) is 42.7 Å². The summed E-state index contributed by atoms with van der Waals surface area (Å²) in [6.45, 7) is 8.31. The molecule has 1 aliphatic heterocycles. The SMILES string of the molecule is CCc1ccc(C(=O)N(C[C@@H]2CNC[C@H]2CN(C(=O)Cc2ccccc2)C2CC2)C(C)C)cc1OCCCOC(F)(F)F. The third-order valence-corrected chi connectivity index (χ3v) is 8.24. The molecule has 2 aromatic rings. The van der Waals surface area contributed by atoms with Crippen LogP contribution < -0.4 is 10.1 Å². The van der Waals surface area contributed by atoms with Crippen LogP contribution >= 0.6 is 0 Å². The second kappa shape index (κ2) is 15.1. The summed E-state index contributed by atoms with van der Waals surface area (Å²) in [5.74, 6) is 0.963. The summed E-state index contributed by atoms with van der Waals surface area (Å²) in [5.41, 5.74) is 2.38. The molecule has 0 spiro atoms. The summed E-state index contributed by atoms with van der Waals surface area (Å²) >= 11 is 0. The first-order valence-corrected chi connectivity index (χ1v) is 15.4. The molecule has 2 aromatic carbocycles. The van der Waals surface area contributed by atoms with Gasteiger partial charge in [0.25, 0.3) is 5.91 Å². The summed E-state index contributed by atoms with van der Waals surface area (Å²) < 4.78 is 46.4. The van der Waals surface area contributed by atoms with Gasteiger partial charge in [0.15, 0.2) is 0 Å². The number of alkyl halides is 3. The zero-order chi connectivity index (χ0) is 31.0. The Morgan fingerprint density at radius 1 is 1.00 bits per heavy atom. The molecule has 10 heteroatoms. The van der Waals surface area contributed by atoms with Crippen LogP contribution in [0.1, 0.15) is 61.5 Å². The predicted molar refractivity (Wildman–Crippen MR) is 159 cm³/mol. The molecule has 0 aromatic heterocycles. The number of amides is 2. The second-order valence-electron chi connectivity index (χ2n) is 11.8. The lowest BCUT2D eigenvalue weighted by Gasteiger charge is -2.34. The first kappa shape index (κ1) is 32.8. The summed E-state index contributed by atoms with van der Waals surface area (Å²) in [7, 11) is 0. The Hall–Kier alpha value is -3.11. The Morgan fingerprint density at radius 2 is 1.70 bits per heavy atom. The number of nitrogens with zero attached hydrogens (tertiary/aromatic N) is 2. The minimum absolute atomic E-state index is 0.0462. The van der Waals surface area contributed by atoms with E-state index in [2.05, 4.69) is 15.0 Å². The van der Waals surface area contributed by atoms with Gasteiger partial charge in [0.05, 0.1) is 19.6 Å². The van der Waals surface area contributed by atoms with Gasteiger partial charge < -0.3 is 19.9 Å². The summed E-state index contributed by atoms with van der Waals surface area (Å²) in [4.78, 5) is 31.1. The molecular formula is C33H44F3N3O4. The Labute approximate surface area is 252 Å². The van der Waals surface area contributed by atoms with E-state index in [9.17, 15) is 22.8 Å². The lowest BCUT2D eigenvalue weighted by atomic mass is 9.93. The molecule has 1 aliphatic carbocycles. The third-order valence-electron chi connectivity index (χ3n) is 8.24. The minimum atomic E-state index is -4.66. The molecule has 43 heavy (non-hydrogen) atoms. The molecule has 1 saturated heterocycles. The monoisotopic (exact) mass is 603 g/mol. The Bertz CT molecular complexity index is 1200. The highest BCUT2D eigenvalue weighted by Gasteiger charge is 2.38. The number of ether oxygens (including phenoxy) is 2. The van der Waals surface area contributed by atoms with Crippen molar-refractivity contribution in [2.24, 2.45) is 11.8 Å². The van der Waals surface area contributed by atoms with Crippen molar-refractivity contribution in [2.45, 2.75) is 71.3 Å². The van der Waals surface area contributed by atoms with Gasteiger partial charge in [-0.15, -0.1) is 13.2 Å². The maximum atomic E-state index is 13.8. The number of nitrogens with one attached hydrogen (secondary N) is 1. The largest absolute Gasteiger partial charge is 0.522 e. The Morgan fingerprint density at radius 3 is 2.33 bits per heavy atom. The van der Waals surface area contributed by atoms with Crippen LogP contribution in [-0.4, -0.2) is 79.5 Å². The van der Waals surface area contributed by atoms with Gasteiger partial charge in [0.1, 0.15) is 5.75 Å². The van der Waals surface area contributed by atoms with Crippen LogP contribution in [0, 0.1) is 11.8 Å². The van der Waals surface area contributed by atoms with E-state index in [1.807, 2.05) is 62.1 Å². The number of rotatable bonds is 15. The molecule has 0 bridgehead atoms. The number of halogens is 3. The molecular weight excluding hydrogens is 559 g/mol. The van der Waals surface area contributed by atoms with Gasteiger partial charge in [-0.25, -0.2) is 0 Å². The van der Waals surface area contributed by atoms with Crippen molar-refractivity contribution in [3.8, 4) is 5.75 Å². The number of hydrogen-bond donors (Lipinski definition) is 1. The molecule has 1 N–H and O–H groups in total. The molecule has 4 rings (SSSR count). The van der Waals surface area contributed by atoms with E-state index in [4.69, 9.17) is 4.74 Å². The zero-order valence-corrected chi connectivity index (χ0v) is 25.4. The number of carbonyl (C=O) groups excluding carboxylic acids is 2. The topological polar surface area (TPSA) is 71.1 Å². The summed E-state index contributed by atoms with van der Waals surface area (Å²) in [5, 5.41) is 3.49. The quantitative estimate of drug-likeness (QED) is 0.273. The van der Waals surface area contributed by atoms with Gasteiger partial charge in [0.2, 0.25) is 5.91 Å². The molecule has 2 fully saturated rings. The van der Waals surface area contributed by atoms with Crippen molar-refractivity contribution in [1.29, 1.82) is 0 Å². The molecule has 236 valence electrons. The van der Waals surface area contributed by atoms with Crippen molar-refractivity contribution in [3.05, 3.63) is 65.2 Å². The van der Waals surface area contributed by atoms with Gasteiger partial charge in [-0.05, 0) is 68.2 Å². The average molecular weight is 604 g/mol. The molecule has 0 unspecified atom stereocenters. The van der Waals surface area contributed by atoms with Crippen molar-refractivity contribution in [3.63, 3.8) is 0 Å². The predicted octanol–water partition coefficient (Wildman–Crippen LogP) is 5.47. The summed E-state index contributed by atoms with van der Waals surface area (Å²) in [6.07, 6.45) is -1.46. The maximum Gasteiger partial charge on any atom is 0.522 e. The highest BCUT2D eigenvalue weighted by molar-refractivity contribution is 5.95. The fourth-order valence-electron chi connectivity index (χ4n) is 5.67. The van der Waals surface area contributed by atoms with Gasteiger partial charge in [-0.1, -0.05) is 43.3 Å². The lowest BCUT2D eigenvalue weighted by Crippen LogP contribution is -2.45. The van der Waals surface area contributed by atoms with Crippen LogP contribution in [0.15, 0.2) is 48.5 Å². The maximum absolute atomic E-state index is 13.8. The lowest BCUT2D eigenvalue weighted by molar-refractivity contribution is -0.324. The smallest absolute Gasteiger partial charge is 0.493 e. The zero-order valence-electron chi connectivity index (χ0n) is 25.4. The summed E-state index contributed by atoms with van der Waals surface area (Å²) in [6, 6.07) is 15.4. The van der Waals surface area contributed by atoms with Crippen molar-refractivity contribution < 1.29 is 32.2 Å². The first-order valence-electron chi connectivity index (χ1n) is 15.4. The fraction of sp³-hybridized carbons (Fsp3) is 0.576. The van der Waals surface area contributed by atoms with Gasteiger partial charge in [-0.3, -0.25) is 14.3 Å². The number of aryl methyl sites for hydroxylation is 1. The molecule has 7 nitrogen and oxygen atoms in total. The Balaban J connectivity index is 1.40. The number of benzene rings is 2. The van der Waals surface area contributed by atoms with Crippen LogP contribution in [-0.2, 0) is 22.4 Å². The van der Waals surface area contributed by atoms with Crippen molar-refractivity contribution in [2.75, 3.05) is 39.4 Å². The van der Waals surface area contributed by atoms with Crippen molar-refractivity contribution >= 4 is 11.8 Å². The first-order chi connectivity index (χ1) is 20.6. The number of carbonyl (C=O) groups is 2. The van der Waals surface area contributed by atoms with E-state index in [1.165, 1.54) is 0 Å². The molecule has 0 radical (unpaired) electrons. The van der Waals surface area contributed by atoms with E-state index >= 15 is 0 Å². The van der Waals surface area contributed by atoms with Gasteiger partial charge in [-0.2, -0.15) is 0 Å². The van der Waals surface area contributed by atoms with E-state index in [1.54, 1.807) is 12.1 Å². The highest BCUT2D eigenvalue weighted by Crippen LogP contribution is 2.31. The van der Waals surface area contributed by atoms with Crippen LogP contribution in [0.25, 0.3) is 0 Å². The van der Waals surface area contributed by atoms with E-state index in [0.717, 1.165) is 37.1 Å². The minimum Gasteiger partial charge on any atom is -0.493 e. The molecule has 1 heterocycles. The van der Waals surface area contributed by atoms with Gasteiger partial charge >= 0.3 is 6.36 Å². The molecule has 1 saturated carbocycles. The molecule has 2 atom stereocenters. The van der Waals surface area contributed by atoms with Crippen LogP contribution in [0.2, 0.25) is 0 Å². The van der Waals surface area contributed by atoms with Gasteiger partial charge in [0, 0.05) is 50.2 Å². The van der Waals surface area contributed by atoms with Crippen molar-refractivity contribution in [1.82, 2.24) is 15.1 Å². The third kappa shape index (κ3) is 9.69. The van der Waals surface area contributed by atoms with Crippen LogP contribution in [0.3, 0.4) is 0 Å². The standard InChI is InChI=1S/C33H44F3N3O4/c1-4-25-11-12-26(18-30(25)42-15-8-16-43-33(34,35)36)32(41)38(23(2)3)21-27-19-37-20-28(27)22-39(29-13-14-29)31(40)17-24-9-6-5-7-10-24/h5-7,9-12,18,23,27-29,37H,4,8,13-17,19-22H2,1-3H3/t27-,28-/m0/s1. The second-order valence-corrected chi connectivity index (χ2v) is 11.8. The normalized spacial score (nSPS) is 18.6. The van der Waals surface area contributed by atoms with E-state index < -0.39 is 13.0 Å². The highest BCUT2D eigenvalue weighted by atomic mass is 19.4. The fourth-order valence-corrected chi connectivity index (χ4v) is 5.67.